The molecule has 19 heavy (non-hydrogen) atoms. The molecule has 2 aliphatic rings. The van der Waals surface area contributed by atoms with Crippen molar-refractivity contribution in [3.05, 3.63) is 22.2 Å². The maximum Gasteiger partial charge on any atom is 0.246 e. The fourth-order valence-electron chi connectivity index (χ4n) is 2.22. The number of benzene rings is 1. The van der Waals surface area contributed by atoms with Gasteiger partial charge in [-0.05, 0) is 28.5 Å². The number of hydrogen-bond donors (Lipinski definition) is 2. The van der Waals surface area contributed by atoms with E-state index in [2.05, 4.69) is 26.6 Å². The van der Waals surface area contributed by atoms with E-state index in [4.69, 9.17) is 9.47 Å². The van der Waals surface area contributed by atoms with Gasteiger partial charge >= 0.3 is 0 Å². The van der Waals surface area contributed by atoms with E-state index < -0.39 is 0 Å². The summed E-state index contributed by atoms with van der Waals surface area (Å²) in [5.41, 5.74) is 1.77. The number of rotatable bonds is 4. The quantitative estimate of drug-likeness (QED) is 0.886. The maximum atomic E-state index is 11.9. The number of hydrogen-bond acceptors (Lipinski definition) is 4. The zero-order valence-electron chi connectivity index (χ0n) is 10.5. The molecule has 0 radical (unpaired) electrons. The average molecular weight is 327 g/mol. The predicted molar refractivity (Wildman–Crippen MR) is 74.4 cm³/mol. The van der Waals surface area contributed by atoms with E-state index >= 15 is 0 Å². The van der Waals surface area contributed by atoms with Crippen LogP contribution in [0.2, 0.25) is 0 Å². The number of fused-ring (bicyclic) bond motifs is 1. The number of likely N-dealkylation sites (N-methyl/N-ethyl adjacent to an activating group) is 1. The number of anilines is 1. The third-order valence-electron chi connectivity index (χ3n) is 3.24. The third-order valence-corrected chi connectivity index (χ3v) is 3.86. The Hall–Kier alpha value is -1.11. The first-order valence-corrected chi connectivity index (χ1v) is 7.10. The average Bonchev–Trinajstić information content (AvgIpc) is 2.61. The molecule has 1 aromatic rings. The van der Waals surface area contributed by atoms with Crippen molar-refractivity contribution < 1.29 is 14.3 Å². The monoisotopic (exact) mass is 326 g/mol. The molecule has 2 aliphatic heterocycles. The zero-order valence-corrected chi connectivity index (χ0v) is 12.1. The Morgan fingerprint density at radius 2 is 2.32 bits per heavy atom. The SMILES string of the molecule is CCNC1C(=O)Nc2cc(OC3COC3)c(Br)cc21. The van der Waals surface area contributed by atoms with Gasteiger partial charge in [-0.3, -0.25) is 4.79 Å². The highest BCUT2D eigenvalue weighted by molar-refractivity contribution is 9.10. The maximum absolute atomic E-state index is 11.9. The molecule has 102 valence electrons. The minimum atomic E-state index is -0.280. The minimum absolute atomic E-state index is 0.0205. The first kappa shape index (κ1) is 12.9. The molecule has 1 fully saturated rings. The van der Waals surface area contributed by atoms with Crippen LogP contribution in [0.1, 0.15) is 18.5 Å². The van der Waals surface area contributed by atoms with E-state index in [1.54, 1.807) is 0 Å². The second kappa shape index (κ2) is 5.11. The van der Waals surface area contributed by atoms with Crippen molar-refractivity contribution in [3.8, 4) is 5.75 Å². The van der Waals surface area contributed by atoms with Crippen molar-refractivity contribution in [1.82, 2.24) is 5.32 Å². The summed E-state index contributed by atoms with van der Waals surface area (Å²) in [6.07, 6.45) is 0.107. The summed E-state index contributed by atoms with van der Waals surface area (Å²) in [6.45, 7) is 3.97. The van der Waals surface area contributed by atoms with Gasteiger partial charge in [-0.25, -0.2) is 0 Å². The molecule has 1 unspecified atom stereocenters. The van der Waals surface area contributed by atoms with Crippen LogP contribution < -0.4 is 15.4 Å². The summed E-state index contributed by atoms with van der Waals surface area (Å²) in [4.78, 5) is 11.9. The molecule has 1 aromatic carbocycles. The normalized spacial score (nSPS) is 21.8. The van der Waals surface area contributed by atoms with Gasteiger partial charge in [0.2, 0.25) is 5.91 Å². The molecular weight excluding hydrogens is 312 g/mol. The van der Waals surface area contributed by atoms with E-state index in [9.17, 15) is 4.79 Å². The first-order chi connectivity index (χ1) is 9.19. The molecule has 0 spiro atoms. The smallest absolute Gasteiger partial charge is 0.246 e. The molecule has 6 heteroatoms. The lowest BCUT2D eigenvalue weighted by molar-refractivity contribution is -0.117. The molecule has 0 aliphatic carbocycles. The molecule has 0 bridgehead atoms. The van der Waals surface area contributed by atoms with Gasteiger partial charge in [0, 0.05) is 17.3 Å². The summed E-state index contributed by atoms with van der Waals surface area (Å²) in [5.74, 6) is 0.720. The van der Waals surface area contributed by atoms with E-state index in [1.165, 1.54) is 0 Å². The van der Waals surface area contributed by atoms with Gasteiger partial charge in [0.1, 0.15) is 17.9 Å². The fraction of sp³-hybridized carbons (Fsp3) is 0.462. The van der Waals surface area contributed by atoms with Gasteiger partial charge < -0.3 is 20.1 Å². The Morgan fingerprint density at radius 1 is 1.53 bits per heavy atom. The van der Waals surface area contributed by atoms with Crippen molar-refractivity contribution in [2.75, 3.05) is 25.1 Å². The Kier molecular flexibility index (Phi) is 3.47. The lowest BCUT2D eigenvalue weighted by Gasteiger charge is -2.27. The fourth-order valence-corrected chi connectivity index (χ4v) is 2.68. The molecular formula is C13H15BrN2O3. The zero-order chi connectivity index (χ0) is 13.4. The van der Waals surface area contributed by atoms with E-state index in [0.29, 0.717) is 13.2 Å². The van der Waals surface area contributed by atoms with Crippen molar-refractivity contribution in [2.24, 2.45) is 0 Å². The van der Waals surface area contributed by atoms with Gasteiger partial charge in [-0.2, -0.15) is 0 Å². The third kappa shape index (κ3) is 2.35. The molecule has 0 aromatic heterocycles. The summed E-state index contributed by atoms with van der Waals surface area (Å²) in [7, 11) is 0. The highest BCUT2D eigenvalue weighted by atomic mass is 79.9. The Bertz CT molecular complexity index is 517. The van der Waals surface area contributed by atoms with Crippen LogP contribution in [-0.4, -0.2) is 31.8 Å². The summed E-state index contributed by atoms with van der Waals surface area (Å²) in [5, 5.41) is 6.04. The van der Waals surface area contributed by atoms with Crippen LogP contribution in [0.25, 0.3) is 0 Å². The standard InChI is InChI=1S/C13H15BrN2O3/c1-2-15-12-8-3-9(14)11(19-7-5-18-6-7)4-10(8)16-13(12)17/h3-4,7,12,15H,2,5-6H2,1H3,(H,16,17). The van der Waals surface area contributed by atoms with Gasteiger partial charge in [0.25, 0.3) is 0 Å². The Morgan fingerprint density at radius 3 is 2.95 bits per heavy atom. The number of ether oxygens (including phenoxy) is 2. The second-order valence-corrected chi connectivity index (χ2v) is 5.48. The molecule has 1 atom stereocenters. The number of carbonyl (C=O) groups excluding carboxylic acids is 1. The lowest BCUT2D eigenvalue weighted by Crippen LogP contribution is -2.38. The molecule has 1 saturated heterocycles. The van der Waals surface area contributed by atoms with E-state index in [1.807, 2.05) is 19.1 Å². The minimum Gasteiger partial charge on any atom is -0.484 e. The lowest BCUT2D eigenvalue weighted by atomic mass is 10.1. The summed E-state index contributed by atoms with van der Waals surface area (Å²) in [6, 6.07) is 3.53. The van der Waals surface area contributed by atoms with Gasteiger partial charge in [-0.15, -0.1) is 0 Å². The van der Waals surface area contributed by atoms with Crippen LogP contribution in [0.5, 0.6) is 5.75 Å². The molecule has 2 heterocycles. The van der Waals surface area contributed by atoms with Crippen molar-refractivity contribution in [3.63, 3.8) is 0 Å². The second-order valence-electron chi connectivity index (χ2n) is 4.63. The molecule has 3 rings (SSSR count). The Balaban J connectivity index is 1.87. The highest BCUT2D eigenvalue weighted by Crippen LogP contribution is 2.39. The van der Waals surface area contributed by atoms with E-state index in [-0.39, 0.29) is 18.1 Å². The van der Waals surface area contributed by atoms with Crippen molar-refractivity contribution in [1.29, 1.82) is 0 Å². The van der Waals surface area contributed by atoms with Crippen LogP contribution in [0, 0.1) is 0 Å². The molecule has 1 amide bonds. The van der Waals surface area contributed by atoms with Gasteiger partial charge in [-0.1, -0.05) is 6.92 Å². The number of amides is 1. The van der Waals surface area contributed by atoms with Gasteiger partial charge in [0.15, 0.2) is 0 Å². The van der Waals surface area contributed by atoms with Crippen molar-refractivity contribution in [2.45, 2.75) is 19.1 Å². The summed E-state index contributed by atoms with van der Waals surface area (Å²) < 4.78 is 11.7. The topological polar surface area (TPSA) is 59.6 Å². The van der Waals surface area contributed by atoms with Crippen LogP contribution in [0.4, 0.5) is 5.69 Å². The molecule has 2 N–H and O–H groups in total. The molecule has 0 saturated carbocycles. The van der Waals surface area contributed by atoms with Crippen LogP contribution >= 0.6 is 15.9 Å². The van der Waals surface area contributed by atoms with Crippen molar-refractivity contribution >= 4 is 27.5 Å². The van der Waals surface area contributed by atoms with Gasteiger partial charge in [0.05, 0.1) is 17.7 Å². The predicted octanol–water partition coefficient (Wildman–Crippen LogP) is 1.83. The summed E-state index contributed by atoms with van der Waals surface area (Å²) >= 11 is 3.50. The number of halogens is 1. The molecule has 5 nitrogen and oxygen atoms in total. The number of carbonyl (C=O) groups is 1. The highest BCUT2D eigenvalue weighted by Gasteiger charge is 2.31. The van der Waals surface area contributed by atoms with Crippen LogP contribution in [0.3, 0.4) is 0 Å². The first-order valence-electron chi connectivity index (χ1n) is 6.31. The van der Waals surface area contributed by atoms with Crippen LogP contribution in [-0.2, 0) is 9.53 Å². The van der Waals surface area contributed by atoms with Crippen LogP contribution in [0.15, 0.2) is 16.6 Å². The number of nitrogens with one attached hydrogen (secondary N) is 2. The largest absolute Gasteiger partial charge is 0.484 e. The Labute approximate surface area is 119 Å². The van der Waals surface area contributed by atoms with E-state index in [0.717, 1.165) is 28.0 Å².